The first-order valence-electron chi connectivity index (χ1n) is 5.23. The van der Waals surface area contributed by atoms with Crippen LogP contribution in [0, 0.1) is 11.3 Å². The summed E-state index contributed by atoms with van der Waals surface area (Å²) in [6, 6.07) is 0. The molecule has 0 fully saturated rings. The molecule has 0 aromatic rings. The summed E-state index contributed by atoms with van der Waals surface area (Å²) in [6.07, 6.45) is 2.41. The summed E-state index contributed by atoms with van der Waals surface area (Å²) in [5.41, 5.74) is 0.331. The molecule has 13 heavy (non-hydrogen) atoms. The molecular weight excluding hydrogens is 162 g/mol. The van der Waals surface area contributed by atoms with Gasteiger partial charge in [0.05, 0.1) is 6.61 Å². The van der Waals surface area contributed by atoms with Crippen molar-refractivity contribution in [2.75, 3.05) is 27.3 Å². The number of methoxy groups -OCH3 is 1. The quantitative estimate of drug-likeness (QED) is 0.660. The molecular formula is C11H25NO. The number of ether oxygens (including phenoxy) is 1. The molecule has 1 atom stereocenters. The van der Waals surface area contributed by atoms with Crippen LogP contribution in [0.5, 0.6) is 0 Å². The minimum atomic E-state index is 0.331. The average molecular weight is 187 g/mol. The van der Waals surface area contributed by atoms with E-state index in [1.54, 1.807) is 7.11 Å². The summed E-state index contributed by atoms with van der Waals surface area (Å²) in [4.78, 5) is 0. The van der Waals surface area contributed by atoms with Gasteiger partial charge in [0.15, 0.2) is 0 Å². The van der Waals surface area contributed by atoms with E-state index in [-0.39, 0.29) is 0 Å². The topological polar surface area (TPSA) is 21.3 Å². The van der Waals surface area contributed by atoms with Crippen LogP contribution in [0.2, 0.25) is 0 Å². The van der Waals surface area contributed by atoms with Crippen molar-refractivity contribution in [3.8, 4) is 0 Å². The third-order valence-corrected chi connectivity index (χ3v) is 2.59. The van der Waals surface area contributed by atoms with Crippen LogP contribution >= 0.6 is 0 Å². The predicted molar refractivity (Wildman–Crippen MR) is 58.0 cm³/mol. The number of nitrogens with one attached hydrogen (secondary N) is 1. The van der Waals surface area contributed by atoms with Crippen molar-refractivity contribution in [1.29, 1.82) is 0 Å². The van der Waals surface area contributed by atoms with Crippen LogP contribution in [0.1, 0.15) is 33.6 Å². The number of hydrogen-bond acceptors (Lipinski definition) is 2. The molecule has 0 aliphatic carbocycles. The van der Waals surface area contributed by atoms with E-state index in [4.69, 9.17) is 4.74 Å². The lowest BCUT2D eigenvalue weighted by atomic mass is 9.78. The second kappa shape index (κ2) is 6.39. The van der Waals surface area contributed by atoms with E-state index in [9.17, 15) is 0 Å². The molecule has 0 saturated carbocycles. The van der Waals surface area contributed by atoms with E-state index in [2.05, 4.69) is 26.1 Å². The molecule has 1 N–H and O–H groups in total. The van der Waals surface area contributed by atoms with Crippen molar-refractivity contribution in [2.24, 2.45) is 11.3 Å². The van der Waals surface area contributed by atoms with Gasteiger partial charge in [-0.1, -0.05) is 20.8 Å². The summed E-state index contributed by atoms with van der Waals surface area (Å²) in [5, 5.41) is 3.27. The van der Waals surface area contributed by atoms with Crippen LogP contribution in [-0.4, -0.2) is 27.3 Å². The smallest absolute Gasteiger partial charge is 0.0530 e. The van der Waals surface area contributed by atoms with Gasteiger partial charge in [-0.25, -0.2) is 0 Å². The molecule has 2 nitrogen and oxygen atoms in total. The molecule has 2 heteroatoms. The second-order valence-corrected chi connectivity index (χ2v) is 4.41. The van der Waals surface area contributed by atoms with Gasteiger partial charge in [0, 0.05) is 19.1 Å². The monoisotopic (exact) mass is 187 g/mol. The van der Waals surface area contributed by atoms with Crippen LogP contribution in [-0.2, 0) is 4.74 Å². The Labute approximate surface area is 83.1 Å². The number of rotatable bonds is 7. The molecule has 0 radical (unpaired) electrons. The maximum absolute atomic E-state index is 5.31. The standard InChI is InChI=1S/C11H25NO/c1-6-11(8-12-4,9-13-5)7-10(2)3/h10,12H,6-9H2,1-5H3. The zero-order chi connectivity index (χ0) is 10.3. The number of hydrogen-bond donors (Lipinski definition) is 1. The Hall–Kier alpha value is -0.0800. The Morgan fingerprint density at radius 1 is 1.38 bits per heavy atom. The minimum absolute atomic E-state index is 0.331. The van der Waals surface area contributed by atoms with Crippen molar-refractivity contribution in [2.45, 2.75) is 33.6 Å². The van der Waals surface area contributed by atoms with E-state index < -0.39 is 0 Å². The van der Waals surface area contributed by atoms with E-state index in [1.807, 2.05) is 7.05 Å². The highest BCUT2D eigenvalue weighted by molar-refractivity contribution is 4.80. The highest BCUT2D eigenvalue weighted by atomic mass is 16.5. The van der Waals surface area contributed by atoms with Gasteiger partial charge in [-0.3, -0.25) is 0 Å². The molecule has 0 heterocycles. The Bertz CT molecular complexity index is 117. The van der Waals surface area contributed by atoms with Gasteiger partial charge in [0.25, 0.3) is 0 Å². The molecule has 0 aromatic heterocycles. The highest BCUT2D eigenvalue weighted by Crippen LogP contribution is 2.29. The summed E-state index contributed by atoms with van der Waals surface area (Å²) in [5.74, 6) is 0.739. The fourth-order valence-electron chi connectivity index (χ4n) is 2.10. The molecule has 0 rings (SSSR count). The van der Waals surface area contributed by atoms with Gasteiger partial charge in [-0.05, 0) is 25.8 Å². The molecule has 0 spiro atoms. The largest absolute Gasteiger partial charge is 0.384 e. The Balaban J connectivity index is 4.24. The van der Waals surface area contributed by atoms with E-state index >= 15 is 0 Å². The minimum Gasteiger partial charge on any atom is -0.384 e. The zero-order valence-corrected chi connectivity index (χ0v) is 9.81. The Morgan fingerprint density at radius 2 is 2.00 bits per heavy atom. The third-order valence-electron chi connectivity index (χ3n) is 2.59. The first-order valence-corrected chi connectivity index (χ1v) is 5.23. The van der Waals surface area contributed by atoms with Crippen molar-refractivity contribution in [3.63, 3.8) is 0 Å². The van der Waals surface area contributed by atoms with Gasteiger partial charge in [-0.2, -0.15) is 0 Å². The molecule has 0 aromatic carbocycles. The lowest BCUT2D eigenvalue weighted by Crippen LogP contribution is -2.37. The molecule has 1 unspecified atom stereocenters. The SMILES string of the molecule is CCC(CNC)(COC)CC(C)C. The van der Waals surface area contributed by atoms with Gasteiger partial charge < -0.3 is 10.1 Å². The molecule has 0 bridgehead atoms. The van der Waals surface area contributed by atoms with Gasteiger partial charge in [0.1, 0.15) is 0 Å². The second-order valence-electron chi connectivity index (χ2n) is 4.41. The average Bonchev–Trinajstić information content (AvgIpc) is 2.04. The first kappa shape index (κ1) is 12.9. The Kier molecular flexibility index (Phi) is 6.35. The van der Waals surface area contributed by atoms with Crippen LogP contribution < -0.4 is 5.32 Å². The highest BCUT2D eigenvalue weighted by Gasteiger charge is 2.28. The van der Waals surface area contributed by atoms with Crippen LogP contribution in [0.4, 0.5) is 0 Å². The van der Waals surface area contributed by atoms with Gasteiger partial charge in [0.2, 0.25) is 0 Å². The molecule has 0 saturated heterocycles. The molecule has 80 valence electrons. The summed E-state index contributed by atoms with van der Waals surface area (Å²) in [7, 11) is 3.81. The predicted octanol–water partition coefficient (Wildman–Crippen LogP) is 2.29. The lowest BCUT2D eigenvalue weighted by molar-refractivity contribution is 0.0597. The maximum atomic E-state index is 5.31. The van der Waals surface area contributed by atoms with Crippen molar-refractivity contribution in [1.82, 2.24) is 5.32 Å². The fraction of sp³-hybridized carbons (Fsp3) is 1.00. The van der Waals surface area contributed by atoms with E-state index in [0.717, 1.165) is 19.1 Å². The summed E-state index contributed by atoms with van der Waals surface area (Å²) >= 11 is 0. The van der Waals surface area contributed by atoms with Crippen molar-refractivity contribution >= 4 is 0 Å². The third kappa shape index (κ3) is 4.63. The maximum Gasteiger partial charge on any atom is 0.0530 e. The van der Waals surface area contributed by atoms with Gasteiger partial charge in [-0.15, -0.1) is 0 Å². The molecule has 0 amide bonds. The zero-order valence-electron chi connectivity index (χ0n) is 9.81. The van der Waals surface area contributed by atoms with Crippen molar-refractivity contribution < 1.29 is 4.74 Å². The lowest BCUT2D eigenvalue weighted by Gasteiger charge is -2.33. The Morgan fingerprint density at radius 3 is 2.31 bits per heavy atom. The van der Waals surface area contributed by atoms with Crippen molar-refractivity contribution in [3.05, 3.63) is 0 Å². The summed E-state index contributed by atoms with van der Waals surface area (Å²) in [6.45, 7) is 8.71. The van der Waals surface area contributed by atoms with E-state index in [0.29, 0.717) is 5.41 Å². The fourth-order valence-corrected chi connectivity index (χ4v) is 2.10. The van der Waals surface area contributed by atoms with E-state index in [1.165, 1.54) is 12.8 Å². The normalized spacial score (nSPS) is 16.2. The summed E-state index contributed by atoms with van der Waals surface area (Å²) < 4.78 is 5.31. The van der Waals surface area contributed by atoms with Crippen LogP contribution in [0.15, 0.2) is 0 Å². The molecule has 0 aliphatic rings. The first-order chi connectivity index (χ1) is 6.10. The van der Waals surface area contributed by atoms with Crippen LogP contribution in [0.3, 0.4) is 0 Å². The van der Waals surface area contributed by atoms with Crippen LogP contribution in [0.25, 0.3) is 0 Å². The van der Waals surface area contributed by atoms with Gasteiger partial charge >= 0.3 is 0 Å². The molecule has 0 aliphatic heterocycles.